The minimum Gasteiger partial charge on any atom is -0.456 e. The summed E-state index contributed by atoms with van der Waals surface area (Å²) in [5.74, 6) is 0.808. The lowest BCUT2D eigenvalue weighted by Crippen LogP contribution is -2.16. The zero-order valence-corrected chi connectivity index (χ0v) is 16.4. The van der Waals surface area contributed by atoms with Crippen LogP contribution in [0.25, 0.3) is 5.65 Å². The summed E-state index contributed by atoms with van der Waals surface area (Å²) < 4.78 is 12.1. The Bertz CT molecular complexity index is 1230. The second-order valence-electron chi connectivity index (χ2n) is 6.31. The van der Waals surface area contributed by atoms with E-state index in [0.717, 1.165) is 16.3 Å². The van der Waals surface area contributed by atoms with E-state index in [0.29, 0.717) is 22.7 Å². The minimum atomic E-state index is -0.475. The van der Waals surface area contributed by atoms with Crippen molar-refractivity contribution in [1.82, 2.24) is 14.5 Å². The molecular formula is C21H17N3O4S. The summed E-state index contributed by atoms with van der Waals surface area (Å²) in [5.41, 5.74) is 1.94. The fraction of sp³-hybridized carbons (Fsp3) is 0.143. The van der Waals surface area contributed by atoms with Crippen LogP contribution in [0.4, 0.5) is 0 Å². The van der Waals surface area contributed by atoms with Crippen molar-refractivity contribution >= 4 is 23.4 Å². The third-order valence-corrected chi connectivity index (χ3v) is 5.22. The summed E-state index contributed by atoms with van der Waals surface area (Å²) in [6.45, 7) is 1.77. The van der Waals surface area contributed by atoms with Crippen molar-refractivity contribution < 1.29 is 14.1 Å². The number of ether oxygens (including phenoxy) is 1. The molecule has 0 N–H and O–H groups in total. The molecule has 0 aliphatic heterocycles. The number of carbonyl (C=O) groups is 1. The number of hydrogen-bond donors (Lipinski definition) is 0. The highest BCUT2D eigenvalue weighted by Gasteiger charge is 2.15. The molecule has 0 aliphatic rings. The van der Waals surface area contributed by atoms with Gasteiger partial charge in [-0.15, -0.1) is 11.8 Å². The maximum absolute atomic E-state index is 12.6. The van der Waals surface area contributed by atoms with Gasteiger partial charge in [-0.05, 0) is 31.2 Å². The van der Waals surface area contributed by atoms with E-state index in [1.807, 2.05) is 25.1 Å². The van der Waals surface area contributed by atoms with E-state index in [1.54, 1.807) is 36.5 Å². The van der Waals surface area contributed by atoms with Gasteiger partial charge in [0.2, 0.25) is 0 Å². The zero-order valence-electron chi connectivity index (χ0n) is 15.6. The molecule has 0 unspecified atom stereocenters. The van der Waals surface area contributed by atoms with Crippen LogP contribution in [0, 0.1) is 6.92 Å². The molecule has 0 amide bonds. The molecule has 0 saturated carbocycles. The summed E-state index contributed by atoms with van der Waals surface area (Å²) in [4.78, 5) is 29.9. The summed E-state index contributed by atoms with van der Waals surface area (Å²) in [7, 11) is 0. The Kier molecular flexibility index (Phi) is 5.44. The van der Waals surface area contributed by atoms with Crippen molar-refractivity contribution in [3.63, 3.8) is 0 Å². The molecule has 8 heteroatoms. The van der Waals surface area contributed by atoms with Crippen LogP contribution in [0.15, 0.2) is 75.0 Å². The van der Waals surface area contributed by atoms with Gasteiger partial charge in [0.1, 0.15) is 18.0 Å². The largest absolute Gasteiger partial charge is 0.456 e. The van der Waals surface area contributed by atoms with E-state index in [4.69, 9.17) is 9.26 Å². The SMILES string of the molecule is Cc1cc(CSc2ccccc2C(=O)OCc2cc(=O)n3ccccc3n2)on1. The third kappa shape index (κ3) is 4.38. The summed E-state index contributed by atoms with van der Waals surface area (Å²) in [5, 5.41) is 3.86. The monoisotopic (exact) mass is 407 g/mol. The minimum absolute atomic E-state index is 0.0836. The molecule has 7 nitrogen and oxygen atoms in total. The highest BCUT2D eigenvalue weighted by Crippen LogP contribution is 2.27. The van der Waals surface area contributed by atoms with Crippen molar-refractivity contribution in [1.29, 1.82) is 0 Å². The molecule has 0 bridgehead atoms. The Labute approximate surface area is 170 Å². The van der Waals surface area contributed by atoms with E-state index in [9.17, 15) is 9.59 Å². The molecule has 0 aliphatic carbocycles. The van der Waals surface area contributed by atoms with Crippen molar-refractivity contribution in [2.45, 2.75) is 24.2 Å². The molecule has 0 atom stereocenters. The number of hydrogen-bond acceptors (Lipinski definition) is 7. The van der Waals surface area contributed by atoms with Crippen LogP contribution >= 0.6 is 11.8 Å². The number of thioether (sulfide) groups is 1. The maximum Gasteiger partial charge on any atom is 0.339 e. The predicted octanol–water partition coefficient (Wildman–Crippen LogP) is 3.64. The number of aromatic nitrogens is 3. The highest BCUT2D eigenvalue weighted by atomic mass is 32.2. The molecule has 0 spiro atoms. The van der Waals surface area contributed by atoms with Gasteiger partial charge in [-0.1, -0.05) is 23.4 Å². The van der Waals surface area contributed by atoms with E-state index < -0.39 is 5.97 Å². The van der Waals surface area contributed by atoms with Crippen molar-refractivity contribution in [2.24, 2.45) is 0 Å². The number of carbonyl (C=O) groups excluding carboxylic acids is 1. The standard InChI is InChI=1S/C21H17N3O4S/c1-14-10-16(28-23-14)13-29-18-7-3-2-6-17(18)21(26)27-12-15-11-20(25)24-9-5-4-8-19(24)22-15/h2-11H,12-13H2,1H3. The number of benzene rings is 1. The quantitative estimate of drug-likeness (QED) is 0.356. The normalized spacial score (nSPS) is 10.9. The van der Waals surface area contributed by atoms with E-state index >= 15 is 0 Å². The Morgan fingerprint density at radius 1 is 1.17 bits per heavy atom. The molecule has 146 valence electrons. The van der Waals surface area contributed by atoms with Crippen LogP contribution in [0.3, 0.4) is 0 Å². The van der Waals surface area contributed by atoms with Gasteiger partial charge in [0.05, 0.1) is 22.7 Å². The molecule has 3 aromatic heterocycles. The van der Waals surface area contributed by atoms with Crippen LogP contribution in [0.1, 0.15) is 27.5 Å². The van der Waals surface area contributed by atoms with Gasteiger partial charge in [0.25, 0.3) is 5.56 Å². The number of aryl methyl sites for hydroxylation is 1. The first-order valence-corrected chi connectivity index (χ1v) is 9.87. The Hall–Kier alpha value is -3.39. The van der Waals surface area contributed by atoms with Gasteiger partial charge in [-0.3, -0.25) is 9.20 Å². The first kappa shape index (κ1) is 18.9. The van der Waals surface area contributed by atoms with Crippen LogP contribution in [-0.2, 0) is 17.1 Å². The lowest BCUT2D eigenvalue weighted by atomic mass is 10.2. The van der Waals surface area contributed by atoms with E-state index in [2.05, 4.69) is 10.1 Å². The van der Waals surface area contributed by atoms with E-state index in [1.165, 1.54) is 22.2 Å². The van der Waals surface area contributed by atoms with Gasteiger partial charge in [0, 0.05) is 23.2 Å². The van der Waals surface area contributed by atoms with Gasteiger partial charge in [-0.2, -0.15) is 0 Å². The average Bonchev–Trinajstić information content (AvgIpc) is 3.16. The molecule has 1 aromatic carbocycles. The average molecular weight is 407 g/mol. The molecule has 0 saturated heterocycles. The van der Waals surface area contributed by atoms with E-state index in [-0.39, 0.29) is 12.2 Å². The fourth-order valence-corrected chi connectivity index (χ4v) is 3.70. The molecule has 0 radical (unpaired) electrons. The lowest BCUT2D eigenvalue weighted by molar-refractivity contribution is 0.0463. The van der Waals surface area contributed by atoms with Gasteiger partial charge >= 0.3 is 5.97 Å². The third-order valence-electron chi connectivity index (χ3n) is 4.13. The topological polar surface area (TPSA) is 86.7 Å². The first-order chi connectivity index (χ1) is 14.1. The second kappa shape index (κ2) is 8.32. The highest BCUT2D eigenvalue weighted by molar-refractivity contribution is 7.98. The van der Waals surface area contributed by atoms with Crippen LogP contribution in [0.5, 0.6) is 0 Å². The predicted molar refractivity (Wildman–Crippen MR) is 108 cm³/mol. The van der Waals surface area contributed by atoms with Crippen LogP contribution in [0.2, 0.25) is 0 Å². The van der Waals surface area contributed by atoms with Crippen molar-refractivity contribution in [3.05, 3.63) is 93.9 Å². The lowest BCUT2D eigenvalue weighted by Gasteiger charge is -2.09. The van der Waals surface area contributed by atoms with Crippen molar-refractivity contribution in [2.75, 3.05) is 0 Å². The number of rotatable bonds is 6. The number of esters is 1. The summed E-state index contributed by atoms with van der Waals surface area (Å²) in [6.07, 6.45) is 1.64. The molecule has 29 heavy (non-hydrogen) atoms. The first-order valence-electron chi connectivity index (χ1n) is 8.88. The Morgan fingerprint density at radius 2 is 2.00 bits per heavy atom. The molecule has 4 rings (SSSR count). The van der Waals surface area contributed by atoms with Crippen LogP contribution in [-0.4, -0.2) is 20.5 Å². The molecular weight excluding hydrogens is 390 g/mol. The van der Waals surface area contributed by atoms with Gasteiger partial charge in [-0.25, -0.2) is 9.78 Å². The molecule has 3 heterocycles. The smallest absolute Gasteiger partial charge is 0.339 e. The summed E-state index contributed by atoms with van der Waals surface area (Å²) >= 11 is 1.46. The second-order valence-corrected chi connectivity index (χ2v) is 7.33. The number of pyridine rings is 1. The Morgan fingerprint density at radius 3 is 2.83 bits per heavy atom. The number of fused-ring (bicyclic) bond motifs is 1. The molecule has 0 fully saturated rings. The van der Waals surface area contributed by atoms with Crippen LogP contribution < -0.4 is 5.56 Å². The molecule has 4 aromatic rings. The number of nitrogens with zero attached hydrogens (tertiary/aromatic N) is 3. The zero-order chi connectivity index (χ0) is 20.2. The fourth-order valence-electron chi connectivity index (χ4n) is 2.79. The summed E-state index contributed by atoms with van der Waals surface area (Å²) in [6, 6.07) is 15.7. The Balaban J connectivity index is 1.47. The van der Waals surface area contributed by atoms with Crippen molar-refractivity contribution in [3.8, 4) is 0 Å². The maximum atomic E-state index is 12.6. The van der Waals surface area contributed by atoms with Gasteiger partial charge < -0.3 is 9.26 Å². The van der Waals surface area contributed by atoms with Gasteiger partial charge in [0.15, 0.2) is 0 Å².